The molecule has 0 unspecified atom stereocenters. The van der Waals surface area contributed by atoms with E-state index >= 15 is 0 Å². The van der Waals surface area contributed by atoms with Gasteiger partial charge in [-0.2, -0.15) is 0 Å². The number of ketones is 1. The molecule has 0 spiro atoms. The van der Waals surface area contributed by atoms with Crippen molar-refractivity contribution in [2.75, 3.05) is 11.9 Å². The Morgan fingerprint density at radius 1 is 1.17 bits per heavy atom. The van der Waals surface area contributed by atoms with E-state index in [-0.39, 0.29) is 17.8 Å². The van der Waals surface area contributed by atoms with E-state index in [9.17, 15) is 9.90 Å². The van der Waals surface area contributed by atoms with E-state index in [1.165, 1.54) is 0 Å². The molecule has 23 heavy (non-hydrogen) atoms. The van der Waals surface area contributed by atoms with Crippen LogP contribution in [0.25, 0.3) is 0 Å². The fraction of sp³-hybridized carbons (Fsp3) is 0.350. The highest BCUT2D eigenvalue weighted by Gasteiger charge is 2.33. The number of hydrogen-bond acceptors (Lipinski definition) is 3. The maximum absolute atomic E-state index is 12.5. The average Bonchev–Trinajstić information content (AvgIpc) is 2.54. The number of rotatable bonds is 4. The number of anilines is 2. The lowest BCUT2D eigenvalue weighted by Gasteiger charge is -2.29. The van der Waals surface area contributed by atoms with Crippen LogP contribution >= 0.6 is 0 Å². The minimum Gasteiger partial charge on any atom is -0.396 e. The summed E-state index contributed by atoms with van der Waals surface area (Å²) in [6.07, 6.45) is 2.45. The van der Waals surface area contributed by atoms with Crippen molar-refractivity contribution in [2.45, 2.75) is 33.1 Å². The van der Waals surface area contributed by atoms with Crippen LogP contribution < -0.4 is 5.32 Å². The van der Waals surface area contributed by atoms with Gasteiger partial charge in [0.2, 0.25) is 0 Å². The number of hydrogen-bond donors (Lipinski definition) is 2. The van der Waals surface area contributed by atoms with Gasteiger partial charge >= 0.3 is 0 Å². The molecular weight excluding hydrogens is 286 g/mol. The average molecular weight is 309 g/mol. The van der Waals surface area contributed by atoms with Crippen molar-refractivity contribution in [1.29, 1.82) is 0 Å². The van der Waals surface area contributed by atoms with Crippen molar-refractivity contribution in [3.05, 3.63) is 59.2 Å². The van der Waals surface area contributed by atoms with Gasteiger partial charge in [-0.3, -0.25) is 4.79 Å². The van der Waals surface area contributed by atoms with E-state index in [4.69, 9.17) is 0 Å². The first-order chi connectivity index (χ1) is 11.0. The number of para-hydroxylation sites is 1. The van der Waals surface area contributed by atoms with Gasteiger partial charge in [-0.05, 0) is 54.7 Å². The molecule has 0 amide bonds. The fourth-order valence-electron chi connectivity index (χ4n) is 3.16. The fourth-order valence-corrected chi connectivity index (χ4v) is 3.16. The van der Waals surface area contributed by atoms with Crippen LogP contribution in [0.15, 0.2) is 42.5 Å². The molecule has 2 aromatic rings. The molecule has 0 saturated carbocycles. The van der Waals surface area contributed by atoms with E-state index in [0.29, 0.717) is 6.42 Å². The molecule has 0 radical (unpaired) electrons. The zero-order valence-electron chi connectivity index (χ0n) is 13.7. The lowest BCUT2D eigenvalue weighted by molar-refractivity contribution is 0.0811. The molecule has 0 fully saturated rings. The molecular formula is C20H23NO2. The molecule has 120 valence electrons. The molecule has 0 aromatic heterocycles. The van der Waals surface area contributed by atoms with Crippen LogP contribution in [0, 0.1) is 5.41 Å². The highest BCUT2D eigenvalue weighted by molar-refractivity contribution is 6.02. The minimum atomic E-state index is -0.254. The first-order valence-electron chi connectivity index (χ1n) is 8.15. The number of benzene rings is 2. The number of aliphatic hydroxyl groups excluding tert-OH is 1. The van der Waals surface area contributed by atoms with Crippen molar-refractivity contribution in [1.82, 2.24) is 0 Å². The Kier molecular flexibility index (Phi) is 4.22. The quantitative estimate of drug-likeness (QED) is 0.893. The maximum Gasteiger partial charge on any atom is 0.168 e. The van der Waals surface area contributed by atoms with Gasteiger partial charge in [0.15, 0.2) is 5.78 Å². The molecule has 2 N–H and O–H groups in total. The lowest BCUT2D eigenvalue weighted by Crippen LogP contribution is -2.30. The van der Waals surface area contributed by atoms with Crippen LogP contribution in [0.4, 0.5) is 11.4 Å². The van der Waals surface area contributed by atoms with Gasteiger partial charge in [-0.15, -0.1) is 0 Å². The third-order valence-electron chi connectivity index (χ3n) is 4.66. The topological polar surface area (TPSA) is 49.3 Å². The van der Waals surface area contributed by atoms with Gasteiger partial charge in [-0.1, -0.05) is 32.0 Å². The molecule has 0 saturated heterocycles. The number of Topliss-reactive ketones (excluding diaryl/α,β-unsaturated/α-hetero) is 1. The number of carbonyl (C=O) groups is 1. The summed E-state index contributed by atoms with van der Waals surface area (Å²) < 4.78 is 0. The summed E-state index contributed by atoms with van der Waals surface area (Å²) in [6.45, 7) is 4.18. The van der Waals surface area contributed by atoms with Crippen LogP contribution in [0.1, 0.15) is 41.8 Å². The normalized spacial score (nSPS) is 16.0. The van der Waals surface area contributed by atoms with Crippen molar-refractivity contribution >= 4 is 17.2 Å². The predicted molar refractivity (Wildman–Crippen MR) is 93.4 cm³/mol. The third kappa shape index (κ3) is 3.15. The maximum atomic E-state index is 12.5. The monoisotopic (exact) mass is 309 g/mol. The van der Waals surface area contributed by atoms with E-state index < -0.39 is 0 Å². The summed E-state index contributed by atoms with van der Waals surface area (Å²) >= 11 is 0. The first-order valence-corrected chi connectivity index (χ1v) is 8.15. The van der Waals surface area contributed by atoms with Gasteiger partial charge in [0, 0.05) is 29.0 Å². The van der Waals surface area contributed by atoms with Crippen LogP contribution in [-0.4, -0.2) is 17.5 Å². The highest BCUT2D eigenvalue weighted by atomic mass is 16.3. The Bertz CT molecular complexity index is 734. The molecule has 0 aliphatic heterocycles. The molecule has 0 heterocycles. The van der Waals surface area contributed by atoms with E-state index in [1.54, 1.807) is 0 Å². The Morgan fingerprint density at radius 2 is 1.96 bits per heavy atom. The second-order valence-electron chi connectivity index (χ2n) is 6.84. The van der Waals surface area contributed by atoms with Crippen molar-refractivity contribution in [3.8, 4) is 0 Å². The number of fused-ring (bicyclic) bond motifs is 1. The molecule has 1 aliphatic rings. The van der Waals surface area contributed by atoms with Gasteiger partial charge in [0.05, 0.1) is 0 Å². The van der Waals surface area contributed by atoms with Crippen molar-refractivity contribution in [3.63, 3.8) is 0 Å². The van der Waals surface area contributed by atoms with Crippen LogP contribution in [0.3, 0.4) is 0 Å². The summed E-state index contributed by atoms with van der Waals surface area (Å²) in [5.74, 6) is 0.242. The Hall–Kier alpha value is -2.13. The molecule has 1 aliphatic carbocycles. The summed E-state index contributed by atoms with van der Waals surface area (Å²) in [4.78, 5) is 12.5. The Balaban J connectivity index is 1.88. The zero-order chi connectivity index (χ0) is 16.4. The van der Waals surface area contributed by atoms with Crippen molar-refractivity contribution < 1.29 is 9.90 Å². The number of carbonyl (C=O) groups excluding carboxylic acids is 1. The SMILES string of the molecule is CC1(C)CCc2cc(Nc3ccccc3CCO)ccc2C1=O. The summed E-state index contributed by atoms with van der Waals surface area (Å²) in [7, 11) is 0. The standard InChI is InChI=1S/C20H23NO2/c1-20(2)11-9-15-13-16(7-8-17(15)19(20)23)21-18-6-4-3-5-14(18)10-12-22/h3-8,13,21-22H,9-12H2,1-2H3. The van der Waals surface area contributed by atoms with Gasteiger partial charge in [0.25, 0.3) is 0 Å². The Morgan fingerprint density at radius 3 is 2.74 bits per heavy atom. The summed E-state index contributed by atoms with van der Waals surface area (Å²) in [5, 5.41) is 12.6. The highest BCUT2D eigenvalue weighted by Crippen LogP contribution is 2.36. The van der Waals surface area contributed by atoms with Crippen LogP contribution in [-0.2, 0) is 12.8 Å². The second kappa shape index (κ2) is 6.17. The number of aliphatic hydroxyl groups is 1. The molecule has 2 aromatic carbocycles. The smallest absolute Gasteiger partial charge is 0.168 e. The molecule has 3 heteroatoms. The van der Waals surface area contributed by atoms with E-state index in [1.807, 2.05) is 50.2 Å². The first kappa shape index (κ1) is 15.8. The number of nitrogens with one attached hydrogen (secondary N) is 1. The molecule has 0 bridgehead atoms. The Labute approximate surface area is 137 Å². The van der Waals surface area contributed by atoms with Gasteiger partial charge < -0.3 is 10.4 Å². The molecule has 0 atom stereocenters. The lowest BCUT2D eigenvalue weighted by atomic mass is 9.73. The van der Waals surface area contributed by atoms with Gasteiger partial charge in [-0.25, -0.2) is 0 Å². The predicted octanol–water partition coefficient (Wildman–Crippen LogP) is 4.12. The van der Waals surface area contributed by atoms with E-state index in [0.717, 1.165) is 40.9 Å². The van der Waals surface area contributed by atoms with E-state index in [2.05, 4.69) is 11.4 Å². The van der Waals surface area contributed by atoms with Crippen LogP contribution in [0.2, 0.25) is 0 Å². The summed E-state index contributed by atoms with van der Waals surface area (Å²) in [5.41, 5.74) is 4.81. The molecule has 3 nitrogen and oxygen atoms in total. The molecule has 3 rings (SSSR count). The summed E-state index contributed by atoms with van der Waals surface area (Å²) in [6, 6.07) is 14.0. The third-order valence-corrected chi connectivity index (χ3v) is 4.66. The minimum absolute atomic E-state index is 0.131. The zero-order valence-corrected chi connectivity index (χ0v) is 13.7. The van der Waals surface area contributed by atoms with Crippen LogP contribution in [0.5, 0.6) is 0 Å². The van der Waals surface area contributed by atoms with Crippen molar-refractivity contribution in [2.24, 2.45) is 5.41 Å². The number of aryl methyl sites for hydroxylation is 1. The largest absolute Gasteiger partial charge is 0.396 e. The van der Waals surface area contributed by atoms with Gasteiger partial charge in [0.1, 0.15) is 0 Å². The second-order valence-corrected chi connectivity index (χ2v) is 6.84.